The van der Waals surface area contributed by atoms with Gasteiger partial charge < -0.3 is 0 Å². The van der Waals surface area contributed by atoms with Gasteiger partial charge >= 0.3 is 121 Å². The van der Waals surface area contributed by atoms with Crippen molar-refractivity contribution < 1.29 is 0 Å². The average molecular weight is 208 g/mol. The van der Waals surface area contributed by atoms with Crippen LogP contribution in [0.15, 0.2) is 29.8 Å². The Bertz CT molecular complexity index is 403. The van der Waals surface area contributed by atoms with Gasteiger partial charge in [-0.3, -0.25) is 0 Å². The van der Waals surface area contributed by atoms with E-state index in [0.29, 0.717) is 0 Å². The first-order valence-corrected chi connectivity index (χ1v) is 7.47. The second kappa shape index (κ2) is 3.87. The predicted molar refractivity (Wildman–Crippen MR) is 60.4 cm³/mol. The van der Waals surface area contributed by atoms with Gasteiger partial charge in [-0.25, -0.2) is 0 Å². The van der Waals surface area contributed by atoms with E-state index in [2.05, 4.69) is 24.3 Å². The molecule has 1 aromatic rings. The third kappa shape index (κ3) is 1.50. The molecule has 0 bridgehead atoms. The number of hydrogen-bond donors (Lipinski definition) is 0. The zero-order valence-electron chi connectivity index (χ0n) is 8.72. The van der Waals surface area contributed by atoms with Crippen molar-refractivity contribution in [1.29, 1.82) is 0 Å². The van der Waals surface area contributed by atoms with E-state index in [1.807, 2.05) is 5.57 Å². The molecule has 1 aromatic carbocycles. The summed E-state index contributed by atoms with van der Waals surface area (Å²) < 4.78 is 1.01. The predicted octanol–water partition coefficient (Wildman–Crippen LogP) is 3.14. The van der Waals surface area contributed by atoms with Gasteiger partial charge in [0.25, 0.3) is 0 Å². The molecule has 2 aliphatic rings. The molecule has 3 rings (SSSR count). The molecule has 0 saturated carbocycles. The van der Waals surface area contributed by atoms with Gasteiger partial charge in [-0.05, 0) is 0 Å². The fraction of sp³-hybridized carbons (Fsp3) is 0.385. The van der Waals surface area contributed by atoms with Crippen LogP contribution in [0.2, 0.25) is 0.0125 Å². The number of hydrogen-bond acceptors (Lipinski definition) is 0. The average Bonchev–Trinajstić information content (AvgIpc) is 2.59. The molecule has 1 heteroatoms. The minimum atomic E-state index is 0.982. The Morgan fingerprint density at radius 2 is 2.07 bits per heavy atom. The fourth-order valence-corrected chi connectivity index (χ4v) is 4.48. The van der Waals surface area contributed by atoms with Crippen molar-refractivity contribution in [2.75, 3.05) is 0 Å². The topological polar surface area (TPSA) is 0 Å². The monoisotopic (exact) mass is 208 g/mol. The number of benzene rings is 1. The first-order chi connectivity index (χ1) is 6.86. The summed E-state index contributed by atoms with van der Waals surface area (Å²) in [6.45, 7) is 0. The molecule has 0 fully saturated rings. The third-order valence-corrected chi connectivity index (χ3v) is 5.76. The molecule has 0 heterocycles. The summed E-state index contributed by atoms with van der Waals surface area (Å²) in [5.41, 5.74) is 6.72. The van der Waals surface area contributed by atoms with Crippen LogP contribution in [0, 0.1) is 0 Å². The Morgan fingerprint density at radius 3 is 3.00 bits per heavy atom. The molecular weight excluding hydrogens is 195 g/mol. The van der Waals surface area contributed by atoms with Crippen molar-refractivity contribution in [3.63, 3.8) is 0 Å². The van der Waals surface area contributed by atoms with E-state index in [9.17, 15) is 0 Å². The van der Waals surface area contributed by atoms with E-state index in [1.165, 1.54) is 25.7 Å². The van der Waals surface area contributed by atoms with Crippen molar-refractivity contribution in [3.05, 3.63) is 41.0 Å². The van der Waals surface area contributed by atoms with Crippen molar-refractivity contribution in [1.82, 2.24) is 0 Å². The summed E-state index contributed by atoms with van der Waals surface area (Å²) in [6, 6.07) is 9.01. The van der Waals surface area contributed by atoms with Crippen molar-refractivity contribution in [2.24, 2.45) is 0 Å². The van der Waals surface area contributed by atoms with Crippen LogP contribution in [-0.2, 0) is 6.42 Å². The first kappa shape index (κ1) is 9.80. The van der Waals surface area contributed by atoms with Crippen molar-refractivity contribution >= 4 is 54.5 Å². The van der Waals surface area contributed by atoms with Crippen molar-refractivity contribution in [3.8, 4) is 0 Å². The number of rotatable bonds is 0. The molecule has 0 saturated heterocycles. The van der Waals surface area contributed by atoms with Crippen LogP contribution < -0.4 is 0 Å². The van der Waals surface area contributed by atoms with E-state index < -0.39 is 0 Å². The van der Waals surface area contributed by atoms with E-state index in [0.717, 1.165) is 49.0 Å². The molecule has 0 aromatic heterocycles. The molecule has 2 aliphatic carbocycles. The standard InChI is InChI=1S/C13H13.K/c1-3-7-12-10(5-1)9-11-6-2-4-8-13(11)12;/h1,3,5-7H,2,4,8-9H2;. The van der Waals surface area contributed by atoms with Crippen LogP contribution >= 0.6 is 0 Å². The summed E-state index contributed by atoms with van der Waals surface area (Å²) in [6.07, 6.45) is 5.53. The summed E-state index contributed by atoms with van der Waals surface area (Å²) in [7, 11) is 0. The summed E-state index contributed by atoms with van der Waals surface area (Å²) in [5.74, 6) is 0. The van der Waals surface area contributed by atoms with Crippen LogP contribution in [0.1, 0.15) is 30.4 Å². The molecule has 0 nitrogen and oxygen atoms in total. The van der Waals surface area contributed by atoms with E-state index >= 15 is 0 Å². The van der Waals surface area contributed by atoms with Gasteiger partial charge in [0.1, 0.15) is 0 Å². The van der Waals surface area contributed by atoms with Gasteiger partial charge in [-0.15, -0.1) is 0 Å². The number of allylic oxidation sites excluding steroid dienone is 2. The van der Waals surface area contributed by atoms with E-state index in [-0.39, 0.29) is 0 Å². The Morgan fingerprint density at radius 1 is 1.21 bits per heavy atom. The Hall–Kier alpha value is 0.596. The van der Waals surface area contributed by atoms with Crippen LogP contribution in [0.4, 0.5) is 0 Å². The molecule has 14 heavy (non-hydrogen) atoms. The zero-order chi connectivity index (χ0) is 9.54. The van der Waals surface area contributed by atoms with Crippen LogP contribution in [0.5, 0.6) is 0 Å². The molecule has 0 aliphatic heterocycles. The summed E-state index contributed by atoms with van der Waals surface area (Å²) in [5, 5.41) is 0. The molecule has 0 amide bonds. The third-order valence-electron chi connectivity index (χ3n) is 3.77. The van der Waals surface area contributed by atoms with Gasteiger partial charge in [0.05, 0.1) is 0 Å². The molecule has 0 radical (unpaired) electrons. The van der Waals surface area contributed by atoms with Crippen LogP contribution in [-0.4, -0.2) is 49.0 Å². The second-order valence-electron chi connectivity index (χ2n) is 4.63. The zero-order valence-corrected chi connectivity index (χ0v) is 11.8. The Labute approximate surface area is 119 Å². The van der Waals surface area contributed by atoms with Crippen LogP contribution in [0.3, 0.4) is 0 Å². The Balaban J connectivity index is 2.12. The summed E-state index contributed by atoms with van der Waals surface area (Å²) >= 11 is 0.982. The molecule has 1 atom stereocenters. The quantitative estimate of drug-likeness (QED) is 0.575. The Kier molecular flexibility index (Phi) is 2.71. The molecule has 66 valence electrons. The van der Waals surface area contributed by atoms with Gasteiger partial charge in [0.2, 0.25) is 0 Å². The van der Waals surface area contributed by atoms with Crippen LogP contribution in [0.25, 0.3) is 5.57 Å². The maximum atomic E-state index is 2.32. The second-order valence-corrected chi connectivity index (χ2v) is 6.81. The molecule has 0 N–H and O–H groups in total. The molecular formula is C13H13K. The SMILES string of the molecule is [K][CH]1CCCC2=C1Cc1ccccc12. The minimum absolute atomic E-state index is 0.982. The van der Waals surface area contributed by atoms with Gasteiger partial charge in [0.15, 0.2) is 0 Å². The summed E-state index contributed by atoms with van der Waals surface area (Å²) in [4.78, 5) is 0. The van der Waals surface area contributed by atoms with Gasteiger partial charge in [0, 0.05) is 0 Å². The number of fused-ring (bicyclic) bond motifs is 2. The van der Waals surface area contributed by atoms with E-state index in [1.54, 1.807) is 16.7 Å². The fourth-order valence-electron chi connectivity index (χ4n) is 2.98. The first-order valence-electron chi connectivity index (χ1n) is 5.66. The van der Waals surface area contributed by atoms with Gasteiger partial charge in [-0.2, -0.15) is 0 Å². The van der Waals surface area contributed by atoms with E-state index in [4.69, 9.17) is 0 Å². The van der Waals surface area contributed by atoms with Crippen molar-refractivity contribution in [2.45, 2.75) is 25.7 Å². The maximum absolute atomic E-state index is 2.32. The van der Waals surface area contributed by atoms with Gasteiger partial charge in [-0.1, -0.05) is 0 Å². The normalized spacial score (nSPS) is 24.9. The molecule has 1 unspecified atom stereocenters. The molecule has 0 spiro atoms.